The molecule has 1 saturated heterocycles. The predicted octanol–water partition coefficient (Wildman–Crippen LogP) is 1.96. The number of sulfonamides is 1. The maximum atomic E-state index is 11.5. The number of rotatable bonds is 6. The number of nitrogens with one attached hydrogen (secondary N) is 1. The lowest BCUT2D eigenvalue weighted by Crippen LogP contribution is -2.45. The van der Waals surface area contributed by atoms with Gasteiger partial charge in [-0.3, -0.25) is 9.62 Å². The van der Waals surface area contributed by atoms with Crippen LogP contribution in [0.1, 0.15) is 5.56 Å². The molecule has 3 aromatic rings. The van der Waals surface area contributed by atoms with Gasteiger partial charge in [0.15, 0.2) is 5.82 Å². The summed E-state index contributed by atoms with van der Waals surface area (Å²) in [4.78, 5) is 9.00. The van der Waals surface area contributed by atoms with Gasteiger partial charge in [-0.05, 0) is 30.3 Å². The van der Waals surface area contributed by atoms with Crippen LogP contribution >= 0.6 is 0 Å². The molecule has 3 heterocycles. The first kappa shape index (κ1) is 19.4. The van der Waals surface area contributed by atoms with E-state index in [4.69, 9.17) is 0 Å². The first-order valence-electron chi connectivity index (χ1n) is 9.46. The number of benzene rings is 1. The van der Waals surface area contributed by atoms with Crippen LogP contribution in [0.25, 0.3) is 5.82 Å². The lowest BCUT2D eigenvalue weighted by Gasteiger charge is -2.36. The number of aromatic nitrogens is 3. The first-order valence-corrected chi connectivity index (χ1v) is 11.4. The Kier molecular flexibility index (Phi) is 5.50. The fourth-order valence-corrected chi connectivity index (χ4v) is 4.01. The van der Waals surface area contributed by atoms with Crippen molar-refractivity contribution in [2.75, 3.05) is 42.1 Å². The summed E-state index contributed by atoms with van der Waals surface area (Å²) in [6, 6.07) is 13.3. The van der Waals surface area contributed by atoms with Gasteiger partial charge in [0.2, 0.25) is 10.0 Å². The van der Waals surface area contributed by atoms with Crippen molar-refractivity contribution in [3.05, 3.63) is 66.6 Å². The molecule has 1 fully saturated rings. The minimum absolute atomic E-state index is 0.592. The Hall–Kier alpha value is -2.91. The van der Waals surface area contributed by atoms with E-state index in [1.54, 1.807) is 16.9 Å². The van der Waals surface area contributed by atoms with Gasteiger partial charge in [-0.15, -0.1) is 0 Å². The summed E-state index contributed by atoms with van der Waals surface area (Å²) in [7, 11) is -3.28. The van der Waals surface area contributed by atoms with Gasteiger partial charge in [-0.2, -0.15) is 5.10 Å². The maximum Gasteiger partial charge on any atom is 0.229 e. The van der Waals surface area contributed by atoms with Crippen molar-refractivity contribution in [3.63, 3.8) is 0 Å². The number of hydrogen-bond donors (Lipinski definition) is 1. The Labute approximate surface area is 170 Å². The molecule has 0 saturated carbocycles. The molecular weight excluding hydrogens is 388 g/mol. The van der Waals surface area contributed by atoms with Gasteiger partial charge < -0.3 is 4.90 Å². The number of piperazine rings is 1. The molecule has 8 nitrogen and oxygen atoms in total. The van der Waals surface area contributed by atoms with E-state index in [0.717, 1.165) is 56.0 Å². The van der Waals surface area contributed by atoms with E-state index in [0.29, 0.717) is 5.69 Å². The van der Waals surface area contributed by atoms with Gasteiger partial charge in [0.25, 0.3) is 0 Å². The molecule has 1 aromatic carbocycles. The fraction of sp³-hybridized carbons (Fsp3) is 0.300. The summed E-state index contributed by atoms with van der Waals surface area (Å²) >= 11 is 0. The molecule has 0 bridgehead atoms. The third-order valence-corrected chi connectivity index (χ3v) is 5.42. The van der Waals surface area contributed by atoms with Gasteiger partial charge in [0.05, 0.1) is 18.1 Å². The Bertz CT molecular complexity index is 1060. The second kappa shape index (κ2) is 8.22. The Balaban J connectivity index is 1.34. The standard InChI is InChI=1S/C20H24N6O2S/c1-29(27,28)23-18-5-4-6-19(13-18)25-11-9-24(10-12-25)15-17-14-22-26(16-17)20-7-2-3-8-21-20/h2-8,13-14,16,23H,9-12,15H2,1H3. The van der Waals surface area contributed by atoms with Gasteiger partial charge in [0.1, 0.15) is 0 Å². The van der Waals surface area contributed by atoms with Gasteiger partial charge >= 0.3 is 0 Å². The number of pyridine rings is 1. The predicted molar refractivity (Wildman–Crippen MR) is 114 cm³/mol. The van der Waals surface area contributed by atoms with Crippen LogP contribution in [0.3, 0.4) is 0 Å². The Morgan fingerprint density at radius 1 is 1.07 bits per heavy atom. The van der Waals surface area contributed by atoms with Crippen LogP contribution in [0, 0.1) is 0 Å². The zero-order valence-corrected chi connectivity index (χ0v) is 17.1. The molecule has 1 N–H and O–H groups in total. The van der Waals surface area contributed by atoms with Crippen LogP contribution in [0.4, 0.5) is 11.4 Å². The van der Waals surface area contributed by atoms with Crippen LogP contribution in [-0.4, -0.2) is 60.5 Å². The molecule has 0 radical (unpaired) electrons. The molecule has 29 heavy (non-hydrogen) atoms. The van der Waals surface area contributed by atoms with E-state index in [1.807, 2.05) is 48.8 Å². The lowest BCUT2D eigenvalue weighted by atomic mass is 10.2. The van der Waals surface area contributed by atoms with E-state index in [2.05, 4.69) is 24.6 Å². The van der Waals surface area contributed by atoms with Crippen molar-refractivity contribution in [1.29, 1.82) is 0 Å². The summed E-state index contributed by atoms with van der Waals surface area (Å²) < 4.78 is 27.2. The highest BCUT2D eigenvalue weighted by molar-refractivity contribution is 7.92. The second-order valence-electron chi connectivity index (χ2n) is 7.17. The zero-order chi connectivity index (χ0) is 20.3. The van der Waals surface area contributed by atoms with Crippen molar-refractivity contribution >= 4 is 21.4 Å². The molecule has 0 spiro atoms. The summed E-state index contributed by atoms with van der Waals surface area (Å²) in [5.41, 5.74) is 2.78. The molecule has 152 valence electrons. The van der Waals surface area contributed by atoms with Crippen molar-refractivity contribution in [3.8, 4) is 5.82 Å². The largest absolute Gasteiger partial charge is 0.369 e. The maximum absolute atomic E-state index is 11.5. The molecule has 0 atom stereocenters. The molecule has 4 rings (SSSR count). The van der Waals surface area contributed by atoms with E-state index in [-0.39, 0.29) is 0 Å². The highest BCUT2D eigenvalue weighted by Gasteiger charge is 2.18. The highest BCUT2D eigenvalue weighted by Crippen LogP contribution is 2.22. The third kappa shape index (κ3) is 5.12. The SMILES string of the molecule is CS(=O)(=O)Nc1cccc(N2CCN(Cc3cnn(-c4ccccn4)c3)CC2)c1. The van der Waals surface area contributed by atoms with Crippen LogP contribution in [0.2, 0.25) is 0 Å². The quantitative estimate of drug-likeness (QED) is 0.666. The molecule has 0 aliphatic carbocycles. The molecular formula is C20H24N6O2S. The molecule has 0 unspecified atom stereocenters. The summed E-state index contributed by atoms with van der Waals surface area (Å²) in [6.45, 7) is 4.47. The Morgan fingerprint density at radius 3 is 2.62 bits per heavy atom. The topological polar surface area (TPSA) is 83.4 Å². The average Bonchev–Trinajstić information content (AvgIpc) is 3.17. The Morgan fingerprint density at radius 2 is 1.90 bits per heavy atom. The monoisotopic (exact) mass is 412 g/mol. The molecule has 9 heteroatoms. The van der Waals surface area contributed by atoms with Crippen LogP contribution in [-0.2, 0) is 16.6 Å². The number of hydrogen-bond acceptors (Lipinski definition) is 6. The molecule has 1 aliphatic heterocycles. The van der Waals surface area contributed by atoms with E-state index in [1.165, 1.54) is 0 Å². The minimum atomic E-state index is -3.28. The smallest absolute Gasteiger partial charge is 0.229 e. The molecule has 2 aromatic heterocycles. The minimum Gasteiger partial charge on any atom is -0.369 e. The van der Waals surface area contributed by atoms with Gasteiger partial charge in [0, 0.05) is 56.4 Å². The fourth-order valence-electron chi connectivity index (χ4n) is 3.46. The van der Waals surface area contributed by atoms with Crippen molar-refractivity contribution in [2.45, 2.75) is 6.54 Å². The number of nitrogens with zero attached hydrogens (tertiary/aromatic N) is 5. The zero-order valence-electron chi connectivity index (χ0n) is 16.3. The number of anilines is 2. The normalized spacial score (nSPS) is 15.4. The summed E-state index contributed by atoms with van der Waals surface area (Å²) in [6.07, 6.45) is 6.83. The molecule has 0 amide bonds. The van der Waals surface area contributed by atoms with Gasteiger partial charge in [-0.1, -0.05) is 12.1 Å². The lowest BCUT2D eigenvalue weighted by molar-refractivity contribution is 0.250. The van der Waals surface area contributed by atoms with Crippen molar-refractivity contribution in [2.24, 2.45) is 0 Å². The van der Waals surface area contributed by atoms with Gasteiger partial charge in [-0.25, -0.2) is 18.1 Å². The van der Waals surface area contributed by atoms with E-state index in [9.17, 15) is 8.42 Å². The van der Waals surface area contributed by atoms with Crippen LogP contribution in [0.5, 0.6) is 0 Å². The van der Waals surface area contributed by atoms with E-state index < -0.39 is 10.0 Å². The van der Waals surface area contributed by atoms with Crippen LogP contribution in [0.15, 0.2) is 61.1 Å². The van der Waals surface area contributed by atoms with Crippen LogP contribution < -0.4 is 9.62 Å². The second-order valence-corrected chi connectivity index (χ2v) is 8.92. The van der Waals surface area contributed by atoms with E-state index >= 15 is 0 Å². The summed E-state index contributed by atoms with van der Waals surface area (Å²) in [5, 5.41) is 4.41. The average molecular weight is 413 g/mol. The summed E-state index contributed by atoms with van der Waals surface area (Å²) in [5.74, 6) is 0.811. The molecule has 1 aliphatic rings. The van der Waals surface area contributed by atoms with Crippen molar-refractivity contribution < 1.29 is 8.42 Å². The van der Waals surface area contributed by atoms with Crippen molar-refractivity contribution in [1.82, 2.24) is 19.7 Å². The third-order valence-electron chi connectivity index (χ3n) is 4.81. The first-order chi connectivity index (χ1) is 14.0. The highest BCUT2D eigenvalue weighted by atomic mass is 32.2.